The Bertz CT molecular complexity index is 803. The predicted octanol–water partition coefficient (Wildman–Crippen LogP) is 3.14. The summed E-state index contributed by atoms with van der Waals surface area (Å²) in [6.45, 7) is 5.11. The molecule has 0 saturated carbocycles. The van der Waals surface area contributed by atoms with E-state index in [0.717, 1.165) is 4.90 Å². The topological polar surface area (TPSA) is 110 Å². The second kappa shape index (κ2) is 9.42. The number of hydroxylamine groups is 1. The van der Waals surface area contributed by atoms with Crippen molar-refractivity contribution in [3.8, 4) is 0 Å². The number of alkyl halides is 3. The molecule has 0 spiro atoms. The van der Waals surface area contributed by atoms with Crippen LogP contribution in [0.3, 0.4) is 0 Å². The Balaban J connectivity index is 2.34. The van der Waals surface area contributed by atoms with E-state index < -0.39 is 45.7 Å². The van der Waals surface area contributed by atoms with Crippen molar-refractivity contribution in [3.63, 3.8) is 0 Å². The Morgan fingerprint density at radius 3 is 2.30 bits per heavy atom. The molecule has 1 aliphatic rings. The number of nitrogens with zero attached hydrogens (tertiary/aromatic N) is 3. The zero-order chi connectivity index (χ0) is 22.7. The van der Waals surface area contributed by atoms with Gasteiger partial charge in [0.25, 0.3) is 5.91 Å². The summed E-state index contributed by atoms with van der Waals surface area (Å²) in [7, 11) is 0. The van der Waals surface area contributed by atoms with Gasteiger partial charge in [-0.1, -0.05) is 55.6 Å². The highest BCUT2D eigenvalue weighted by atomic mass is 35.6. The Morgan fingerprint density at radius 1 is 1.23 bits per heavy atom. The summed E-state index contributed by atoms with van der Waals surface area (Å²) in [6.07, 6.45) is 1.48. The van der Waals surface area contributed by atoms with Crippen LogP contribution in [0.4, 0.5) is 9.59 Å². The summed E-state index contributed by atoms with van der Waals surface area (Å²) in [5, 5.41) is 0.676. The molecule has 2 rings (SSSR count). The maximum absolute atomic E-state index is 13.1. The lowest BCUT2D eigenvalue weighted by Crippen LogP contribution is -2.60. The monoisotopic (exact) mass is 482 g/mol. The van der Waals surface area contributed by atoms with Crippen molar-refractivity contribution in [2.45, 2.75) is 37.0 Å². The molecule has 3 amide bonds. The summed E-state index contributed by atoms with van der Waals surface area (Å²) < 4.78 is 4.04. The van der Waals surface area contributed by atoms with Crippen LogP contribution in [0.15, 0.2) is 24.5 Å². The fourth-order valence-corrected chi connectivity index (χ4v) is 2.95. The SMILES string of the molecule is CC(C)(C)[C@H](C(=O)n1cccc1)N(NC(=O)N1CCOC1=O)OC(=O)CC(Cl)(Cl)Cl. The number of amides is 3. The highest BCUT2D eigenvalue weighted by Gasteiger charge is 2.43. The average molecular weight is 484 g/mol. The number of nitrogens with one attached hydrogen (secondary N) is 1. The molecule has 1 N–H and O–H groups in total. The van der Waals surface area contributed by atoms with E-state index in [1.165, 1.54) is 17.0 Å². The third-order valence-corrected chi connectivity index (χ3v) is 4.31. The molecule has 166 valence electrons. The van der Waals surface area contributed by atoms with Crippen LogP contribution >= 0.6 is 34.8 Å². The van der Waals surface area contributed by atoms with Crippen molar-refractivity contribution >= 4 is 58.8 Å². The molecule has 0 unspecified atom stereocenters. The lowest BCUT2D eigenvalue weighted by Gasteiger charge is -2.37. The lowest BCUT2D eigenvalue weighted by molar-refractivity contribution is -0.219. The zero-order valence-corrected chi connectivity index (χ0v) is 18.7. The van der Waals surface area contributed by atoms with Crippen LogP contribution in [0.1, 0.15) is 32.0 Å². The molecule has 10 nitrogen and oxygen atoms in total. The van der Waals surface area contributed by atoms with E-state index in [1.54, 1.807) is 32.9 Å². The molecule has 0 aromatic carbocycles. The molecule has 1 fully saturated rings. The van der Waals surface area contributed by atoms with Gasteiger partial charge in [-0.05, 0) is 22.7 Å². The molecule has 2 heterocycles. The van der Waals surface area contributed by atoms with Crippen molar-refractivity contribution in [3.05, 3.63) is 24.5 Å². The summed E-state index contributed by atoms with van der Waals surface area (Å²) in [6, 6.07) is 1.12. The number of carbonyl (C=O) groups excluding carboxylic acids is 4. The van der Waals surface area contributed by atoms with Gasteiger partial charge in [0.15, 0.2) is 6.04 Å². The maximum Gasteiger partial charge on any atom is 0.418 e. The smallest absolute Gasteiger partial charge is 0.418 e. The van der Waals surface area contributed by atoms with E-state index in [2.05, 4.69) is 5.43 Å². The predicted molar refractivity (Wildman–Crippen MR) is 108 cm³/mol. The highest BCUT2D eigenvalue weighted by molar-refractivity contribution is 6.68. The fourth-order valence-electron chi connectivity index (χ4n) is 2.62. The maximum atomic E-state index is 13.1. The number of hydrogen-bond acceptors (Lipinski definition) is 7. The van der Waals surface area contributed by atoms with Crippen molar-refractivity contribution in [2.75, 3.05) is 13.2 Å². The van der Waals surface area contributed by atoms with Crippen molar-refractivity contribution < 1.29 is 28.8 Å². The molecular formula is C17H21Cl3N4O6. The second-order valence-corrected chi connectivity index (χ2v) is 9.98. The van der Waals surface area contributed by atoms with E-state index in [1.807, 2.05) is 0 Å². The Kier molecular flexibility index (Phi) is 7.62. The Morgan fingerprint density at radius 2 is 1.83 bits per heavy atom. The number of cyclic esters (lactones) is 1. The van der Waals surface area contributed by atoms with E-state index in [9.17, 15) is 19.2 Å². The molecule has 1 aromatic rings. The van der Waals surface area contributed by atoms with Gasteiger partial charge in [0.05, 0.1) is 13.0 Å². The van der Waals surface area contributed by atoms with Gasteiger partial charge in [0.1, 0.15) is 6.61 Å². The summed E-state index contributed by atoms with van der Waals surface area (Å²) in [5.41, 5.74) is 1.42. The summed E-state index contributed by atoms with van der Waals surface area (Å²) in [4.78, 5) is 55.6. The van der Waals surface area contributed by atoms with E-state index in [4.69, 9.17) is 44.4 Å². The van der Waals surface area contributed by atoms with Gasteiger partial charge < -0.3 is 9.57 Å². The summed E-state index contributed by atoms with van der Waals surface area (Å²) >= 11 is 16.9. The van der Waals surface area contributed by atoms with Gasteiger partial charge in [0.2, 0.25) is 3.79 Å². The first kappa shape index (κ1) is 24.3. The minimum Gasteiger partial charge on any atom is -0.447 e. The standard InChI is InChI=1S/C17H21Cl3N4O6/c1-16(2,3)12(13(26)22-6-4-5-7-22)24(30-11(25)10-17(18,19)20)21-14(27)23-8-9-29-15(23)28/h4-7,12H,8-10H2,1-3H3,(H,21,27)/t12-/m0/s1. The second-order valence-electron chi connectivity index (χ2n) is 7.46. The molecule has 1 atom stereocenters. The van der Waals surface area contributed by atoms with Crippen LogP contribution in [-0.4, -0.2) is 61.6 Å². The highest BCUT2D eigenvalue weighted by Crippen LogP contribution is 2.31. The number of hydrogen-bond donors (Lipinski definition) is 1. The third kappa shape index (κ3) is 6.49. The molecule has 0 aliphatic carbocycles. The average Bonchev–Trinajstić information content (AvgIpc) is 3.22. The van der Waals surface area contributed by atoms with Gasteiger partial charge in [-0.15, -0.1) is 0 Å². The minimum absolute atomic E-state index is 0.00760. The summed E-state index contributed by atoms with van der Waals surface area (Å²) in [5.74, 6) is -1.53. The van der Waals surface area contributed by atoms with Crippen molar-refractivity contribution in [2.24, 2.45) is 5.41 Å². The van der Waals surface area contributed by atoms with Crippen LogP contribution < -0.4 is 5.43 Å². The first-order valence-electron chi connectivity index (χ1n) is 8.78. The van der Waals surface area contributed by atoms with Gasteiger partial charge in [-0.25, -0.2) is 19.9 Å². The number of urea groups is 1. The van der Waals surface area contributed by atoms with Gasteiger partial charge in [-0.3, -0.25) is 14.2 Å². The van der Waals surface area contributed by atoms with Crippen molar-refractivity contribution in [1.29, 1.82) is 0 Å². The van der Waals surface area contributed by atoms with Crippen LogP contribution in [-0.2, 0) is 14.4 Å². The lowest BCUT2D eigenvalue weighted by atomic mass is 9.86. The normalized spacial score (nSPS) is 15.7. The zero-order valence-electron chi connectivity index (χ0n) is 16.4. The van der Waals surface area contributed by atoms with Crippen LogP contribution in [0, 0.1) is 5.41 Å². The number of halogens is 3. The number of hydrazine groups is 1. The first-order chi connectivity index (χ1) is 13.8. The molecule has 1 aromatic heterocycles. The minimum atomic E-state index is -1.95. The van der Waals surface area contributed by atoms with Crippen LogP contribution in [0.2, 0.25) is 0 Å². The molecular weight excluding hydrogens is 463 g/mol. The molecule has 30 heavy (non-hydrogen) atoms. The molecule has 13 heteroatoms. The quantitative estimate of drug-likeness (QED) is 0.506. The van der Waals surface area contributed by atoms with E-state index >= 15 is 0 Å². The van der Waals surface area contributed by atoms with E-state index in [0.29, 0.717) is 5.17 Å². The fraction of sp³-hybridized carbons (Fsp3) is 0.529. The Hall–Kier alpha value is -2.01. The number of carbonyl (C=O) groups is 4. The first-order valence-corrected chi connectivity index (χ1v) is 9.92. The van der Waals surface area contributed by atoms with E-state index in [-0.39, 0.29) is 13.2 Å². The number of ether oxygens (including phenoxy) is 1. The van der Waals surface area contributed by atoms with Crippen LogP contribution in [0.5, 0.6) is 0 Å². The third-order valence-electron chi connectivity index (χ3n) is 3.90. The number of rotatable bonds is 5. The Labute approximate surface area is 187 Å². The largest absolute Gasteiger partial charge is 0.447 e. The van der Waals surface area contributed by atoms with Gasteiger partial charge in [0, 0.05) is 12.4 Å². The number of aromatic nitrogens is 1. The van der Waals surface area contributed by atoms with Crippen molar-refractivity contribution in [1.82, 2.24) is 20.1 Å². The number of imide groups is 1. The molecule has 0 radical (unpaired) electrons. The van der Waals surface area contributed by atoms with Gasteiger partial charge >= 0.3 is 18.1 Å². The van der Waals surface area contributed by atoms with Crippen LogP contribution in [0.25, 0.3) is 0 Å². The van der Waals surface area contributed by atoms with Gasteiger partial charge in [-0.2, -0.15) is 0 Å². The molecule has 0 bridgehead atoms. The molecule has 1 saturated heterocycles. The molecule has 1 aliphatic heterocycles.